The van der Waals surface area contributed by atoms with E-state index in [1.54, 1.807) is 0 Å². The van der Waals surface area contributed by atoms with Crippen LogP contribution in [0.2, 0.25) is 5.02 Å². The van der Waals surface area contributed by atoms with Gasteiger partial charge in [0.05, 0.1) is 16.9 Å². The van der Waals surface area contributed by atoms with Crippen LogP contribution in [0.15, 0.2) is 23.2 Å². The minimum atomic E-state index is -4.31. The van der Waals surface area contributed by atoms with Crippen LogP contribution in [-0.4, -0.2) is 50.8 Å². The zero-order valence-corrected chi connectivity index (χ0v) is 18.4. The molecule has 0 aliphatic carbocycles. The van der Waals surface area contributed by atoms with Crippen LogP contribution >= 0.6 is 22.9 Å². The first-order valence-corrected chi connectivity index (χ1v) is 11.9. The Labute approximate surface area is 182 Å². The molecule has 0 spiro atoms. The minimum Gasteiger partial charge on any atom is -0.396 e. The highest BCUT2D eigenvalue weighted by atomic mass is 35.5. The lowest BCUT2D eigenvalue weighted by Crippen LogP contribution is -2.37. The number of aliphatic hydroxyl groups is 1. The molecule has 0 unspecified atom stereocenters. The van der Waals surface area contributed by atoms with Crippen LogP contribution in [-0.2, 0) is 10.0 Å². The van der Waals surface area contributed by atoms with E-state index in [2.05, 4.69) is 15.6 Å². The van der Waals surface area contributed by atoms with Crippen molar-refractivity contribution in [2.24, 2.45) is 5.73 Å². The molecule has 1 atom stereocenters. The smallest absolute Gasteiger partial charge is 0.266 e. The molecule has 8 nitrogen and oxygen atoms in total. The summed E-state index contributed by atoms with van der Waals surface area (Å²) in [6, 6.07) is 2.06. The number of benzene rings is 1. The summed E-state index contributed by atoms with van der Waals surface area (Å²) in [6.07, 6.45) is 3.01. The predicted octanol–water partition coefficient (Wildman–Crippen LogP) is 2.37. The lowest BCUT2D eigenvalue weighted by atomic mass is 10.2. The van der Waals surface area contributed by atoms with Gasteiger partial charge < -0.3 is 21.5 Å². The number of hydrogen-bond donors (Lipinski definition) is 5. The third-order valence-corrected chi connectivity index (χ3v) is 6.62. The second kappa shape index (κ2) is 11.7. The van der Waals surface area contributed by atoms with Crippen LogP contribution in [0.4, 0.5) is 19.6 Å². The normalized spacial score (nSPS) is 12.7. The maximum absolute atomic E-state index is 14.4. The van der Waals surface area contributed by atoms with Gasteiger partial charge in [0.25, 0.3) is 10.0 Å². The van der Waals surface area contributed by atoms with Gasteiger partial charge in [0.2, 0.25) is 0 Å². The third-order valence-electron chi connectivity index (χ3n) is 4.12. The largest absolute Gasteiger partial charge is 0.396 e. The zero-order valence-electron chi connectivity index (χ0n) is 16.0. The lowest BCUT2D eigenvalue weighted by molar-refractivity contribution is 0.265. The standard InChI is InChI=1S/C17H24ClF2N5O3S2/c18-12-7-15(30(27,28)25-17-24-10-16(20)29-17)13(19)8-14(12)23-5-2-1-4-22-11(9-21)3-6-26/h7-8,10-11,22-23,26H,1-6,9,21H2,(H,24,25)/t11-/m0/s1. The Kier molecular flexibility index (Phi) is 9.65. The fraction of sp³-hybridized carbons (Fsp3) is 0.471. The van der Waals surface area contributed by atoms with Crippen LogP contribution in [0.5, 0.6) is 0 Å². The molecule has 1 heterocycles. The van der Waals surface area contributed by atoms with E-state index in [-0.39, 0.29) is 28.5 Å². The number of hydrogen-bond acceptors (Lipinski definition) is 8. The van der Waals surface area contributed by atoms with Crippen LogP contribution in [0, 0.1) is 10.9 Å². The highest BCUT2D eigenvalue weighted by Crippen LogP contribution is 2.29. The van der Waals surface area contributed by atoms with Crippen molar-refractivity contribution in [2.75, 3.05) is 36.3 Å². The summed E-state index contributed by atoms with van der Waals surface area (Å²) < 4.78 is 54.1. The number of aliphatic hydroxyl groups excluding tert-OH is 1. The fourth-order valence-electron chi connectivity index (χ4n) is 2.58. The second-order valence-electron chi connectivity index (χ2n) is 6.37. The van der Waals surface area contributed by atoms with Crippen molar-refractivity contribution >= 4 is 43.8 Å². The molecular formula is C17H24ClF2N5O3S2. The molecule has 0 saturated heterocycles. The SMILES string of the molecule is NC[C@H](CCO)NCCCCNc1cc(F)c(S(=O)(=O)Nc2ncc(F)s2)cc1Cl. The first kappa shape index (κ1) is 24.7. The molecule has 1 aromatic carbocycles. The minimum absolute atomic E-state index is 0.0337. The quantitative estimate of drug-likeness (QED) is 0.276. The molecular weight excluding hydrogens is 460 g/mol. The Morgan fingerprint density at radius 2 is 2.00 bits per heavy atom. The Morgan fingerprint density at radius 1 is 1.27 bits per heavy atom. The summed E-state index contributed by atoms with van der Waals surface area (Å²) in [4.78, 5) is 2.89. The Hall–Kier alpha value is -1.57. The average Bonchev–Trinajstić information content (AvgIpc) is 3.09. The molecule has 6 N–H and O–H groups in total. The van der Waals surface area contributed by atoms with Gasteiger partial charge in [-0.15, -0.1) is 0 Å². The number of rotatable bonds is 13. The van der Waals surface area contributed by atoms with Gasteiger partial charge in [-0.05, 0) is 37.9 Å². The first-order chi connectivity index (χ1) is 14.3. The van der Waals surface area contributed by atoms with Crippen molar-refractivity contribution in [1.82, 2.24) is 10.3 Å². The summed E-state index contributed by atoms with van der Waals surface area (Å²) in [5, 5.41) is 14.3. The molecule has 2 rings (SSSR count). The fourth-order valence-corrected chi connectivity index (χ4v) is 4.75. The van der Waals surface area contributed by atoms with Gasteiger partial charge in [-0.2, -0.15) is 4.39 Å². The monoisotopic (exact) mass is 483 g/mol. The highest BCUT2D eigenvalue weighted by molar-refractivity contribution is 7.93. The molecule has 0 fully saturated rings. The molecule has 13 heteroatoms. The summed E-state index contributed by atoms with van der Waals surface area (Å²) in [6.45, 7) is 1.72. The molecule has 0 aliphatic heterocycles. The summed E-state index contributed by atoms with van der Waals surface area (Å²) in [5.41, 5.74) is 5.86. The maximum atomic E-state index is 14.4. The maximum Gasteiger partial charge on any atom is 0.266 e. The van der Waals surface area contributed by atoms with Gasteiger partial charge in [-0.25, -0.2) is 17.8 Å². The Balaban J connectivity index is 1.90. The van der Waals surface area contributed by atoms with Gasteiger partial charge in [-0.1, -0.05) is 22.9 Å². The van der Waals surface area contributed by atoms with Crippen molar-refractivity contribution in [3.05, 3.63) is 34.3 Å². The number of thiazole rings is 1. The van der Waals surface area contributed by atoms with Crippen molar-refractivity contribution in [3.63, 3.8) is 0 Å². The van der Waals surface area contributed by atoms with E-state index in [4.69, 9.17) is 22.4 Å². The average molecular weight is 484 g/mol. The van der Waals surface area contributed by atoms with E-state index >= 15 is 0 Å². The van der Waals surface area contributed by atoms with Crippen molar-refractivity contribution in [2.45, 2.75) is 30.2 Å². The van der Waals surface area contributed by atoms with E-state index in [1.807, 2.05) is 4.72 Å². The van der Waals surface area contributed by atoms with Crippen LogP contribution in [0.25, 0.3) is 0 Å². The Morgan fingerprint density at radius 3 is 2.63 bits per heavy atom. The van der Waals surface area contributed by atoms with Crippen LogP contribution in [0.3, 0.4) is 0 Å². The van der Waals surface area contributed by atoms with Crippen molar-refractivity contribution < 1.29 is 22.3 Å². The van der Waals surface area contributed by atoms with Gasteiger partial charge in [0.1, 0.15) is 10.7 Å². The van der Waals surface area contributed by atoms with E-state index in [0.717, 1.165) is 31.2 Å². The Bertz CT molecular complexity index is 930. The van der Waals surface area contributed by atoms with Crippen LogP contribution < -0.4 is 21.1 Å². The number of sulfonamides is 1. The van der Waals surface area contributed by atoms with E-state index in [0.29, 0.717) is 37.4 Å². The number of nitrogens with two attached hydrogens (primary N) is 1. The number of nitrogens with one attached hydrogen (secondary N) is 3. The molecule has 0 amide bonds. The van der Waals surface area contributed by atoms with Gasteiger partial charge in [0, 0.05) is 25.7 Å². The van der Waals surface area contributed by atoms with E-state index in [1.165, 1.54) is 0 Å². The summed E-state index contributed by atoms with van der Waals surface area (Å²) in [5.74, 6) is -0.997. The number of aromatic nitrogens is 1. The molecule has 2 aromatic rings. The third kappa shape index (κ3) is 7.29. The summed E-state index contributed by atoms with van der Waals surface area (Å²) in [7, 11) is -4.31. The zero-order chi connectivity index (χ0) is 22.1. The van der Waals surface area contributed by atoms with Crippen molar-refractivity contribution in [1.29, 1.82) is 0 Å². The van der Waals surface area contributed by atoms with Crippen LogP contribution in [0.1, 0.15) is 19.3 Å². The van der Waals surface area contributed by atoms with E-state index in [9.17, 15) is 17.2 Å². The van der Waals surface area contributed by atoms with Crippen molar-refractivity contribution in [3.8, 4) is 0 Å². The molecule has 0 bridgehead atoms. The number of halogens is 3. The molecule has 0 aliphatic rings. The van der Waals surface area contributed by atoms with E-state index < -0.39 is 25.9 Å². The summed E-state index contributed by atoms with van der Waals surface area (Å²) >= 11 is 6.59. The molecule has 30 heavy (non-hydrogen) atoms. The number of anilines is 2. The predicted molar refractivity (Wildman–Crippen MR) is 115 cm³/mol. The molecule has 0 radical (unpaired) electrons. The first-order valence-electron chi connectivity index (χ1n) is 9.18. The second-order valence-corrected chi connectivity index (χ2v) is 9.41. The molecule has 1 aromatic heterocycles. The van der Waals surface area contributed by atoms with Gasteiger partial charge in [-0.3, -0.25) is 4.72 Å². The number of nitrogens with zero attached hydrogens (tertiary/aromatic N) is 1. The molecule has 0 saturated carbocycles. The molecule has 168 valence electrons. The van der Waals surface area contributed by atoms with Gasteiger partial charge >= 0.3 is 0 Å². The highest BCUT2D eigenvalue weighted by Gasteiger charge is 2.23. The number of unbranched alkanes of at least 4 members (excludes halogenated alkanes) is 1. The topological polar surface area (TPSA) is 129 Å². The van der Waals surface area contributed by atoms with Gasteiger partial charge in [0.15, 0.2) is 10.3 Å². The lowest BCUT2D eigenvalue weighted by Gasteiger charge is -2.15.